The van der Waals surface area contributed by atoms with Gasteiger partial charge in [-0.25, -0.2) is 0 Å². The Balaban J connectivity index is 0.793. The van der Waals surface area contributed by atoms with E-state index in [9.17, 15) is 0 Å². The second kappa shape index (κ2) is 21.4. The molecule has 0 aliphatic carbocycles. The average Bonchev–Trinajstić information content (AvgIpc) is 3.63. The van der Waals surface area contributed by atoms with Crippen molar-refractivity contribution in [2.75, 3.05) is 19.6 Å². The molecule has 0 radical (unpaired) electrons. The molecular formula is C73H53N5. The summed E-state index contributed by atoms with van der Waals surface area (Å²) >= 11 is 0. The first-order chi connectivity index (χ1) is 38.7. The minimum absolute atomic E-state index is 0.911. The van der Waals surface area contributed by atoms with Gasteiger partial charge in [-0.05, 0) is 156 Å². The van der Waals surface area contributed by atoms with Crippen LogP contribution in [0.25, 0.3) is 43.9 Å². The van der Waals surface area contributed by atoms with Crippen molar-refractivity contribution >= 4 is 89.8 Å². The monoisotopic (exact) mass is 999 g/mol. The van der Waals surface area contributed by atoms with Gasteiger partial charge < -0.3 is 19.6 Å². The SMILES string of the molecule is c1ccc(N(c2ccccc2)c2ccc(N(c3ccc(-c4ccc(-c5ccc(N(c6ccc(N(c7ccccc7)c7ccccc7)cc6)c6cccc7ccccc67)cc5)nc4)cc3)c3cccc4ccccc34)cc2)cc1. The van der Waals surface area contributed by atoms with Crippen LogP contribution in [0.5, 0.6) is 0 Å². The van der Waals surface area contributed by atoms with Crippen molar-refractivity contribution in [2.45, 2.75) is 0 Å². The maximum atomic E-state index is 5.05. The number of aromatic nitrogens is 1. The first-order valence-corrected chi connectivity index (χ1v) is 26.4. The molecule has 0 saturated carbocycles. The Morgan fingerprint density at radius 1 is 0.192 bits per heavy atom. The third kappa shape index (κ3) is 9.49. The minimum Gasteiger partial charge on any atom is -0.311 e. The maximum absolute atomic E-state index is 5.05. The smallest absolute Gasteiger partial charge is 0.0702 e. The van der Waals surface area contributed by atoms with Crippen molar-refractivity contribution in [1.82, 2.24) is 4.98 Å². The molecule has 13 rings (SSSR count). The van der Waals surface area contributed by atoms with E-state index >= 15 is 0 Å². The van der Waals surface area contributed by atoms with Crippen LogP contribution in [0.4, 0.5) is 68.2 Å². The molecule has 0 N–H and O–H groups in total. The van der Waals surface area contributed by atoms with E-state index in [0.29, 0.717) is 0 Å². The molecule has 1 heterocycles. The summed E-state index contributed by atoms with van der Waals surface area (Å²) in [6, 6.07) is 112. The van der Waals surface area contributed by atoms with E-state index in [1.165, 1.54) is 21.5 Å². The van der Waals surface area contributed by atoms with Crippen molar-refractivity contribution < 1.29 is 0 Å². The van der Waals surface area contributed by atoms with Gasteiger partial charge in [0.2, 0.25) is 0 Å². The largest absolute Gasteiger partial charge is 0.311 e. The standard InChI is InChI=1S/C73H53N5/c1-5-23-59(24-6-1)75(60-25-7-2-8-26-60)63-44-48-67(49-45-63)77(72-33-17-21-55-19-13-15-31-69(55)72)65-40-35-54(36-41-65)58-39-52-71(74-53-58)57-37-42-66(43-38-57)78(73-34-18-22-56-20-14-16-32-70(56)73)68-50-46-64(47-51-68)76(61-27-9-3-10-28-61)62-29-11-4-12-30-62/h1-53H. The fourth-order valence-corrected chi connectivity index (χ4v) is 10.7. The number of hydrogen-bond acceptors (Lipinski definition) is 5. The Kier molecular flexibility index (Phi) is 13.0. The van der Waals surface area contributed by atoms with E-state index in [1.807, 2.05) is 6.20 Å². The molecule has 5 heteroatoms. The van der Waals surface area contributed by atoms with E-state index in [0.717, 1.165) is 90.6 Å². The van der Waals surface area contributed by atoms with Gasteiger partial charge in [0.1, 0.15) is 0 Å². The second-order valence-electron chi connectivity index (χ2n) is 19.2. The van der Waals surface area contributed by atoms with Crippen molar-refractivity contribution in [3.63, 3.8) is 0 Å². The first kappa shape index (κ1) is 47.2. The quantitative estimate of drug-likeness (QED) is 0.108. The van der Waals surface area contributed by atoms with E-state index in [2.05, 4.69) is 335 Å². The third-order valence-corrected chi connectivity index (χ3v) is 14.4. The summed E-state index contributed by atoms with van der Waals surface area (Å²) in [4.78, 5) is 14.4. The lowest BCUT2D eigenvalue weighted by Gasteiger charge is -2.29. The molecule has 0 saturated heterocycles. The summed E-state index contributed by atoms with van der Waals surface area (Å²) in [5, 5.41) is 4.74. The molecule has 0 aliphatic rings. The highest BCUT2D eigenvalue weighted by Gasteiger charge is 2.20. The number of benzene rings is 12. The van der Waals surface area contributed by atoms with Gasteiger partial charge in [-0.15, -0.1) is 0 Å². The highest BCUT2D eigenvalue weighted by Crippen LogP contribution is 2.44. The predicted octanol–water partition coefficient (Wildman–Crippen LogP) is 20.6. The summed E-state index contributed by atoms with van der Waals surface area (Å²) in [7, 11) is 0. The molecule has 1 aromatic heterocycles. The van der Waals surface area contributed by atoms with Crippen molar-refractivity contribution in [3.05, 3.63) is 322 Å². The summed E-state index contributed by atoms with van der Waals surface area (Å²) in [5.41, 5.74) is 17.1. The summed E-state index contributed by atoms with van der Waals surface area (Å²) in [6.45, 7) is 0. The molecule has 12 aromatic carbocycles. The van der Waals surface area contributed by atoms with Gasteiger partial charge in [-0.1, -0.05) is 176 Å². The molecule has 0 atom stereocenters. The molecule has 0 amide bonds. The van der Waals surface area contributed by atoms with Gasteiger partial charge in [0.15, 0.2) is 0 Å². The normalized spacial score (nSPS) is 11.1. The van der Waals surface area contributed by atoms with Crippen molar-refractivity contribution in [1.29, 1.82) is 0 Å². The van der Waals surface area contributed by atoms with Crippen LogP contribution in [-0.4, -0.2) is 4.98 Å². The van der Waals surface area contributed by atoms with Gasteiger partial charge in [-0.3, -0.25) is 4.98 Å². The molecule has 0 aliphatic heterocycles. The van der Waals surface area contributed by atoms with Gasteiger partial charge in [-0.2, -0.15) is 0 Å². The van der Waals surface area contributed by atoms with Gasteiger partial charge >= 0.3 is 0 Å². The molecule has 370 valence electrons. The van der Waals surface area contributed by atoms with Gasteiger partial charge in [0.25, 0.3) is 0 Å². The van der Waals surface area contributed by atoms with E-state index in [-0.39, 0.29) is 0 Å². The zero-order valence-corrected chi connectivity index (χ0v) is 42.8. The Morgan fingerprint density at radius 3 is 0.833 bits per heavy atom. The van der Waals surface area contributed by atoms with Crippen molar-refractivity contribution in [3.8, 4) is 22.4 Å². The lowest BCUT2D eigenvalue weighted by atomic mass is 10.0. The summed E-state index contributed by atoms with van der Waals surface area (Å²) in [6.07, 6.45) is 1.99. The lowest BCUT2D eigenvalue weighted by Crippen LogP contribution is -2.12. The number of para-hydroxylation sites is 4. The highest BCUT2D eigenvalue weighted by atomic mass is 15.2. The van der Waals surface area contributed by atoms with Crippen LogP contribution in [0.2, 0.25) is 0 Å². The Hall–Kier alpha value is -10.5. The van der Waals surface area contributed by atoms with Crippen molar-refractivity contribution in [2.24, 2.45) is 0 Å². The average molecular weight is 1000 g/mol. The highest BCUT2D eigenvalue weighted by molar-refractivity contribution is 6.00. The van der Waals surface area contributed by atoms with Crippen LogP contribution < -0.4 is 19.6 Å². The molecule has 0 spiro atoms. The number of hydrogen-bond donors (Lipinski definition) is 0. The maximum Gasteiger partial charge on any atom is 0.0702 e. The lowest BCUT2D eigenvalue weighted by molar-refractivity contribution is 1.26. The van der Waals surface area contributed by atoms with Crippen LogP contribution in [0.3, 0.4) is 0 Å². The third-order valence-electron chi connectivity index (χ3n) is 14.4. The second-order valence-corrected chi connectivity index (χ2v) is 19.2. The van der Waals surface area contributed by atoms with Crippen LogP contribution >= 0.6 is 0 Å². The number of pyridine rings is 1. The molecule has 78 heavy (non-hydrogen) atoms. The Morgan fingerprint density at radius 2 is 0.474 bits per heavy atom. The molecule has 0 fully saturated rings. The zero-order valence-electron chi connectivity index (χ0n) is 42.8. The van der Waals surface area contributed by atoms with Crippen LogP contribution in [0.15, 0.2) is 322 Å². The Labute approximate surface area is 456 Å². The predicted molar refractivity (Wildman–Crippen MR) is 329 cm³/mol. The van der Waals surface area contributed by atoms with Crippen LogP contribution in [0.1, 0.15) is 0 Å². The Bertz CT molecular complexity index is 3740. The minimum atomic E-state index is 0.911. The number of nitrogens with zero attached hydrogens (tertiary/aromatic N) is 5. The van der Waals surface area contributed by atoms with E-state index in [1.54, 1.807) is 0 Å². The van der Waals surface area contributed by atoms with Crippen LogP contribution in [-0.2, 0) is 0 Å². The van der Waals surface area contributed by atoms with Gasteiger partial charge in [0.05, 0.1) is 17.1 Å². The number of fused-ring (bicyclic) bond motifs is 2. The van der Waals surface area contributed by atoms with Crippen LogP contribution in [0, 0.1) is 0 Å². The number of anilines is 12. The first-order valence-electron chi connectivity index (χ1n) is 26.4. The zero-order chi connectivity index (χ0) is 52.0. The topological polar surface area (TPSA) is 25.9 Å². The molecule has 0 unspecified atom stereocenters. The van der Waals surface area contributed by atoms with Gasteiger partial charge in [0, 0.05) is 85.0 Å². The summed E-state index contributed by atoms with van der Waals surface area (Å²) < 4.78 is 0. The van der Waals surface area contributed by atoms with E-state index in [4.69, 9.17) is 4.98 Å². The molecule has 0 bridgehead atoms. The fraction of sp³-hybridized carbons (Fsp3) is 0. The molecule has 5 nitrogen and oxygen atoms in total. The fourth-order valence-electron chi connectivity index (χ4n) is 10.7. The summed E-state index contributed by atoms with van der Waals surface area (Å²) in [5.74, 6) is 0. The van der Waals surface area contributed by atoms with E-state index < -0.39 is 0 Å². The molecule has 13 aromatic rings. The molecular weight excluding hydrogens is 947 g/mol. The number of rotatable bonds is 14.